The molecule has 1 aromatic heterocycles. The molecular weight excluding hydrogens is 372 g/mol. The fraction of sp³-hybridized carbons (Fsp3) is 0.318. The summed E-state index contributed by atoms with van der Waals surface area (Å²) in [5, 5.41) is 11.6. The number of piperidine rings is 1. The van der Waals surface area contributed by atoms with Gasteiger partial charge in [0.15, 0.2) is 0 Å². The lowest BCUT2D eigenvalue weighted by Gasteiger charge is -2.25. The fourth-order valence-corrected chi connectivity index (χ4v) is 3.64. The van der Waals surface area contributed by atoms with Crippen molar-refractivity contribution in [2.24, 2.45) is 0 Å². The lowest BCUT2D eigenvalue weighted by molar-refractivity contribution is -0.384. The number of non-ortho nitro benzene ring substituents is 1. The quantitative estimate of drug-likeness (QED) is 0.344. The minimum atomic E-state index is -0.444. The molecule has 1 saturated heterocycles. The SMILES string of the molecule is O=C(OCCN1CCCCC1)c1cccc2cc(-c3ccc([N+](=O)[O-])cc3)oc12. The van der Waals surface area contributed by atoms with Gasteiger partial charge in [-0.2, -0.15) is 0 Å². The summed E-state index contributed by atoms with van der Waals surface area (Å²) in [5.74, 6) is 0.140. The van der Waals surface area contributed by atoms with Gasteiger partial charge < -0.3 is 9.15 Å². The van der Waals surface area contributed by atoms with Crippen LogP contribution in [0.2, 0.25) is 0 Å². The van der Waals surface area contributed by atoms with Gasteiger partial charge in [-0.15, -0.1) is 0 Å². The Hall–Kier alpha value is -3.19. The van der Waals surface area contributed by atoms with E-state index in [1.807, 2.05) is 12.1 Å². The molecule has 0 saturated carbocycles. The van der Waals surface area contributed by atoms with Crippen LogP contribution in [0.15, 0.2) is 52.9 Å². The van der Waals surface area contributed by atoms with Crippen molar-refractivity contribution in [3.05, 3.63) is 64.2 Å². The predicted molar refractivity (Wildman–Crippen MR) is 109 cm³/mol. The number of para-hydroxylation sites is 1. The summed E-state index contributed by atoms with van der Waals surface area (Å²) in [4.78, 5) is 25.3. The van der Waals surface area contributed by atoms with E-state index in [9.17, 15) is 14.9 Å². The largest absolute Gasteiger partial charge is 0.461 e. The third-order valence-electron chi connectivity index (χ3n) is 5.22. The van der Waals surface area contributed by atoms with Gasteiger partial charge in [-0.25, -0.2) is 4.79 Å². The molecule has 0 amide bonds. The molecule has 0 bridgehead atoms. The summed E-state index contributed by atoms with van der Waals surface area (Å²) in [7, 11) is 0. The van der Waals surface area contributed by atoms with E-state index in [-0.39, 0.29) is 5.69 Å². The third-order valence-corrected chi connectivity index (χ3v) is 5.22. The zero-order valence-electron chi connectivity index (χ0n) is 16.0. The van der Waals surface area contributed by atoms with Crippen molar-refractivity contribution in [1.82, 2.24) is 4.90 Å². The number of likely N-dealkylation sites (tertiary alicyclic amines) is 1. The van der Waals surface area contributed by atoms with Crippen LogP contribution in [0, 0.1) is 10.1 Å². The van der Waals surface area contributed by atoms with Gasteiger partial charge in [0, 0.05) is 29.6 Å². The molecule has 2 aromatic carbocycles. The van der Waals surface area contributed by atoms with Crippen LogP contribution in [0.5, 0.6) is 0 Å². The second-order valence-corrected chi connectivity index (χ2v) is 7.18. The lowest BCUT2D eigenvalue weighted by Crippen LogP contribution is -2.33. The lowest BCUT2D eigenvalue weighted by atomic mass is 10.1. The second-order valence-electron chi connectivity index (χ2n) is 7.18. The van der Waals surface area contributed by atoms with E-state index in [1.54, 1.807) is 24.3 Å². The van der Waals surface area contributed by atoms with Crippen molar-refractivity contribution in [3.8, 4) is 11.3 Å². The molecule has 4 rings (SSSR count). The van der Waals surface area contributed by atoms with Gasteiger partial charge >= 0.3 is 5.97 Å². The number of carbonyl (C=O) groups is 1. The number of hydrogen-bond donors (Lipinski definition) is 0. The summed E-state index contributed by atoms with van der Waals surface area (Å²) in [6.45, 7) is 3.22. The molecule has 0 N–H and O–H groups in total. The van der Waals surface area contributed by atoms with Crippen molar-refractivity contribution in [1.29, 1.82) is 0 Å². The first-order valence-corrected chi connectivity index (χ1v) is 9.79. The molecule has 0 spiro atoms. The van der Waals surface area contributed by atoms with Gasteiger partial charge in [0.1, 0.15) is 23.5 Å². The zero-order chi connectivity index (χ0) is 20.2. The Morgan fingerprint density at radius 1 is 1.10 bits per heavy atom. The molecule has 0 radical (unpaired) electrons. The van der Waals surface area contributed by atoms with Crippen LogP contribution in [-0.2, 0) is 4.74 Å². The van der Waals surface area contributed by atoms with Crippen LogP contribution < -0.4 is 0 Å². The number of rotatable bonds is 6. The number of furan rings is 1. The topological polar surface area (TPSA) is 85.8 Å². The Morgan fingerprint density at radius 3 is 2.59 bits per heavy atom. The van der Waals surface area contributed by atoms with Gasteiger partial charge in [0.25, 0.3) is 5.69 Å². The molecule has 1 aliphatic heterocycles. The minimum absolute atomic E-state index is 0.0165. The summed E-state index contributed by atoms with van der Waals surface area (Å²) in [6.07, 6.45) is 3.67. The molecule has 0 aliphatic carbocycles. The maximum Gasteiger partial charge on any atom is 0.342 e. The number of nitro groups is 1. The number of nitrogens with zero attached hydrogens (tertiary/aromatic N) is 2. The summed E-state index contributed by atoms with van der Waals surface area (Å²) in [5.41, 5.74) is 1.57. The van der Waals surface area contributed by atoms with Crippen LogP contribution in [0.3, 0.4) is 0 Å². The number of esters is 1. The van der Waals surface area contributed by atoms with Crippen molar-refractivity contribution in [2.45, 2.75) is 19.3 Å². The van der Waals surface area contributed by atoms with Gasteiger partial charge in [0.05, 0.1) is 4.92 Å². The molecule has 0 unspecified atom stereocenters. The molecule has 0 atom stereocenters. The van der Waals surface area contributed by atoms with Gasteiger partial charge in [-0.3, -0.25) is 15.0 Å². The van der Waals surface area contributed by atoms with E-state index in [2.05, 4.69) is 4.90 Å². The Kier molecular flexibility index (Phi) is 5.57. The van der Waals surface area contributed by atoms with E-state index in [1.165, 1.54) is 31.4 Å². The Morgan fingerprint density at radius 2 is 1.86 bits per heavy atom. The number of fused-ring (bicyclic) bond motifs is 1. The number of hydrogen-bond acceptors (Lipinski definition) is 6. The summed E-state index contributed by atoms with van der Waals surface area (Å²) < 4.78 is 11.4. The van der Waals surface area contributed by atoms with E-state index in [0.29, 0.717) is 29.1 Å². The monoisotopic (exact) mass is 394 g/mol. The molecule has 1 fully saturated rings. The van der Waals surface area contributed by atoms with E-state index in [4.69, 9.17) is 9.15 Å². The highest BCUT2D eigenvalue weighted by atomic mass is 16.6. The highest BCUT2D eigenvalue weighted by molar-refractivity contribution is 6.03. The van der Waals surface area contributed by atoms with Crippen molar-refractivity contribution in [2.75, 3.05) is 26.2 Å². The van der Waals surface area contributed by atoms with Crippen LogP contribution in [0.1, 0.15) is 29.6 Å². The predicted octanol–water partition coefficient (Wildman–Crippen LogP) is 4.65. The Labute approximate surface area is 168 Å². The first-order valence-electron chi connectivity index (χ1n) is 9.79. The number of carbonyl (C=O) groups excluding carboxylic acids is 1. The molecular formula is C22H22N2O5. The third kappa shape index (κ3) is 4.30. The number of nitro benzene ring substituents is 1. The molecule has 1 aliphatic rings. The number of ether oxygens (including phenoxy) is 1. The fourth-order valence-electron chi connectivity index (χ4n) is 3.64. The highest BCUT2D eigenvalue weighted by Crippen LogP contribution is 2.31. The van der Waals surface area contributed by atoms with Gasteiger partial charge in [-0.05, 0) is 50.2 Å². The van der Waals surface area contributed by atoms with Crippen molar-refractivity contribution in [3.63, 3.8) is 0 Å². The maximum absolute atomic E-state index is 12.6. The Bertz CT molecular complexity index is 1020. The average molecular weight is 394 g/mol. The Balaban J connectivity index is 1.49. The molecule has 29 heavy (non-hydrogen) atoms. The van der Waals surface area contributed by atoms with Crippen LogP contribution in [-0.4, -0.2) is 42.0 Å². The van der Waals surface area contributed by atoms with Crippen LogP contribution in [0.4, 0.5) is 5.69 Å². The number of benzene rings is 2. The zero-order valence-corrected chi connectivity index (χ0v) is 16.0. The first-order chi connectivity index (χ1) is 14.1. The smallest absolute Gasteiger partial charge is 0.342 e. The molecule has 7 heteroatoms. The highest BCUT2D eigenvalue weighted by Gasteiger charge is 2.18. The standard InChI is InChI=1S/C22H22N2O5/c25-22(28-14-13-23-11-2-1-3-12-23)19-6-4-5-17-15-20(29-21(17)19)16-7-9-18(10-8-16)24(26)27/h4-10,15H,1-3,11-14H2. The van der Waals surface area contributed by atoms with Gasteiger partial charge in [-0.1, -0.05) is 18.6 Å². The second kappa shape index (κ2) is 8.45. The summed E-state index contributed by atoms with van der Waals surface area (Å²) >= 11 is 0. The first kappa shape index (κ1) is 19.1. The van der Waals surface area contributed by atoms with E-state index < -0.39 is 10.9 Å². The molecule has 2 heterocycles. The summed E-state index contributed by atoms with van der Waals surface area (Å²) in [6, 6.07) is 13.3. The average Bonchev–Trinajstić information content (AvgIpc) is 3.19. The molecule has 7 nitrogen and oxygen atoms in total. The van der Waals surface area contributed by atoms with E-state index >= 15 is 0 Å². The normalized spacial score (nSPS) is 14.8. The molecule has 150 valence electrons. The minimum Gasteiger partial charge on any atom is -0.461 e. The van der Waals surface area contributed by atoms with E-state index in [0.717, 1.165) is 25.0 Å². The van der Waals surface area contributed by atoms with Crippen molar-refractivity contribution < 1.29 is 18.9 Å². The van der Waals surface area contributed by atoms with Crippen molar-refractivity contribution >= 4 is 22.6 Å². The van der Waals surface area contributed by atoms with Crippen LogP contribution >= 0.6 is 0 Å². The molecule has 3 aromatic rings. The van der Waals surface area contributed by atoms with Crippen LogP contribution in [0.25, 0.3) is 22.3 Å². The van der Waals surface area contributed by atoms with Gasteiger partial charge in [0.2, 0.25) is 0 Å². The maximum atomic E-state index is 12.6.